The average molecular weight is 262 g/mol. The van der Waals surface area contributed by atoms with Crippen LogP contribution in [0.5, 0.6) is 0 Å². The maximum atomic E-state index is 5.90. The monoisotopic (exact) mass is 262 g/mol. The van der Waals surface area contributed by atoms with E-state index in [0.717, 1.165) is 37.2 Å². The van der Waals surface area contributed by atoms with E-state index < -0.39 is 0 Å². The highest BCUT2D eigenvalue weighted by Gasteiger charge is 2.22. The third-order valence-corrected chi connectivity index (χ3v) is 3.50. The summed E-state index contributed by atoms with van der Waals surface area (Å²) in [6.07, 6.45) is 4.57. The Morgan fingerprint density at radius 2 is 2.05 bits per heavy atom. The number of furan rings is 1. The van der Waals surface area contributed by atoms with Crippen LogP contribution in [0.4, 0.5) is 0 Å². The van der Waals surface area contributed by atoms with Gasteiger partial charge in [-0.3, -0.25) is 4.90 Å². The van der Waals surface area contributed by atoms with Crippen LogP contribution in [0.3, 0.4) is 0 Å². The van der Waals surface area contributed by atoms with Crippen molar-refractivity contribution in [2.75, 3.05) is 6.54 Å². The first-order chi connectivity index (χ1) is 8.99. The van der Waals surface area contributed by atoms with Crippen LogP contribution in [0.1, 0.15) is 45.1 Å². The van der Waals surface area contributed by atoms with Crippen molar-refractivity contribution in [2.24, 2.45) is 0 Å². The van der Waals surface area contributed by atoms with E-state index in [1.165, 1.54) is 12.8 Å². The molecule has 0 unspecified atom stereocenters. The lowest BCUT2D eigenvalue weighted by Gasteiger charge is -2.34. The van der Waals surface area contributed by atoms with Crippen LogP contribution < -0.4 is 5.32 Å². The average Bonchev–Trinajstić information content (AvgIpc) is 3.05. The molecular weight excluding hydrogens is 236 g/mol. The number of hydrogen-bond acceptors (Lipinski definition) is 3. The summed E-state index contributed by atoms with van der Waals surface area (Å²) in [7, 11) is 0. The molecule has 1 N–H and O–H groups in total. The first-order valence-electron chi connectivity index (χ1n) is 7.16. The first-order valence-corrected chi connectivity index (χ1v) is 7.16. The summed E-state index contributed by atoms with van der Waals surface area (Å²) in [5, 5.41) is 3.47. The van der Waals surface area contributed by atoms with Gasteiger partial charge in [0.1, 0.15) is 11.5 Å². The molecule has 0 bridgehead atoms. The minimum absolute atomic E-state index is 0.118. The van der Waals surface area contributed by atoms with Gasteiger partial charge in [-0.1, -0.05) is 6.08 Å². The number of nitrogens with zero attached hydrogens (tertiary/aromatic N) is 1. The molecule has 3 nitrogen and oxygen atoms in total. The van der Waals surface area contributed by atoms with Gasteiger partial charge in [0.25, 0.3) is 0 Å². The van der Waals surface area contributed by atoms with Gasteiger partial charge in [-0.15, -0.1) is 6.58 Å². The lowest BCUT2D eigenvalue weighted by Crippen LogP contribution is -2.40. The molecule has 19 heavy (non-hydrogen) atoms. The van der Waals surface area contributed by atoms with E-state index in [4.69, 9.17) is 4.42 Å². The largest absolute Gasteiger partial charge is 0.463 e. The number of rotatable bonds is 7. The Labute approximate surface area is 116 Å². The smallest absolute Gasteiger partial charge is 0.118 e. The Morgan fingerprint density at radius 3 is 2.63 bits per heavy atom. The van der Waals surface area contributed by atoms with Gasteiger partial charge in [-0.25, -0.2) is 0 Å². The van der Waals surface area contributed by atoms with Crippen molar-refractivity contribution < 1.29 is 4.42 Å². The molecule has 0 saturated heterocycles. The zero-order chi connectivity index (χ0) is 13.9. The van der Waals surface area contributed by atoms with Crippen LogP contribution in [0, 0.1) is 0 Å². The molecule has 0 radical (unpaired) electrons. The second-order valence-corrected chi connectivity index (χ2v) is 6.36. The zero-order valence-corrected chi connectivity index (χ0v) is 12.4. The van der Waals surface area contributed by atoms with E-state index in [0.29, 0.717) is 0 Å². The minimum Gasteiger partial charge on any atom is -0.463 e. The van der Waals surface area contributed by atoms with Crippen molar-refractivity contribution in [3.8, 4) is 0 Å². The molecule has 0 spiro atoms. The molecule has 106 valence electrons. The molecular formula is C16H26N2O. The molecule has 0 amide bonds. The summed E-state index contributed by atoms with van der Waals surface area (Å²) in [5.74, 6) is 2.07. The second kappa shape index (κ2) is 5.93. The summed E-state index contributed by atoms with van der Waals surface area (Å²) in [6, 6.07) is 4.89. The molecule has 0 aromatic carbocycles. The van der Waals surface area contributed by atoms with Gasteiger partial charge in [0.15, 0.2) is 0 Å². The van der Waals surface area contributed by atoms with Crippen molar-refractivity contribution in [1.82, 2.24) is 10.2 Å². The molecule has 1 aromatic rings. The lowest BCUT2D eigenvalue weighted by atomic mass is 10.1. The SMILES string of the molecule is C=CCN(Cc1ccc(CNC2CC2)o1)C(C)(C)C. The van der Waals surface area contributed by atoms with Crippen LogP contribution in [-0.2, 0) is 13.1 Å². The summed E-state index contributed by atoms with van der Waals surface area (Å²) >= 11 is 0. The zero-order valence-electron chi connectivity index (χ0n) is 12.4. The van der Waals surface area contributed by atoms with Crippen LogP contribution >= 0.6 is 0 Å². The Balaban J connectivity index is 1.90. The molecule has 0 atom stereocenters. The summed E-state index contributed by atoms with van der Waals surface area (Å²) in [6.45, 7) is 13.0. The van der Waals surface area contributed by atoms with E-state index in [1.807, 2.05) is 6.08 Å². The van der Waals surface area contributed by atoms with Crippen molar-refractivity contribution >= 4 is 0 Å². The number of nitrogens with one attached hydrogen (secondary N) is 1. The molecule has 1 aliphatic rings. The standard InChI is InChI=1S/C16H26N2O/c1-5-10-18(16(2,3)4)12-15-9-8-14(19-15)11-17-13-6-7-13/h5,8-9,13,17H,1,6-7,10-12H2,2-4H3. The summed E-state index contributed by atoms with van der Waals surface area (Å²) in [4.78, 5) is 2.36. The maximum Gasteiger partial charge on any atom is 0.118 e. The quantitative estimate of drug-likeness (QED) is 0.764. The van der Waals surface area contributed by atoms with Crippen molar-refractivity contribution in [2.45, 2.75) is 58.3 Å². The minimum atomic E-state index is 0.118. The second-order valence-electron chi connectivity index (χ2n) is 6.36. The fourth-order valence-electron chi connectivity index (χ4n) is 2.05. The van der Waals surface area contributed by atoms with E-state index >= 15 is 0 Å². The molecule has 1 fully saturated rings. The normalized spacial score (nSPS) is 16.0. The Morgan fingerprint density at radius 1 is 1.37 bits per heavy atom. The molecule has 1 saturated carbocycles. The van der Waals surface area contributed by atoms with Crippen LogP contribution in [0.15, 0.2) is 29.2 Å². The highest BCUT2D eigenvalue weighted by atomic mass is 16.3. The van der Waals surface area contributed by atoms with Gasteiger partial charge in [0.2, 0.25) is 0 Å². The molecule has 1 aliphatic carbocycles. The number of hydrogen-bond donors (Lipinski definition) is 1. The van der Waals surface area contributed by atoms with Crippen LogP contribution in [-0.4, -0.2) is 23.0 Å². The van der Waals surface area contributed by atoms with Crippen LogP contribution in [0.2, 0.25) is 0 Å². The summed E-state index contributed by atoms with van der Waals surface area (Å²) in [5.41, 5.74) is 0.118. The molecule has 1 heterocycles. The molecule has 0 aliphatic heterocycles. The fourth-order valence-corrected chi connectivity index (χ4v) is 2.05. The summed E-state index contributed by atoms with van der Waals surface area (Å²) < 4.78 is 5.90. The highest BCUT2D eigenvalue weighted by molar-refractivity contribution is 5.08. The van der Waals surface area contributed by atoms with Crippen LogP contribution in [0.25, 0.3) is 0 Å². The highest BCUT2D eigenvalue weighted by Crippen LogP contribution is 2.21. The van der Waals surface area contributed by atoms with E-state index in [-0.39, 0.29) is 5.54 Å². The van der Waals surface area contributed by atoms with Crippen molar-refractivity contribution in [3.63, 3.8) is 0 Å². The van der Waals surface area contributed by atoms with Gasteiger partial charge < -0.3 is 9.73 Å². The van der Waals surface area contributed by atoms with E-state index in [2.05, 4.69) is 49.7 Å². The third kappa shape index (κ3) is 4.51. The van der Waals surface area contributed by atoms with E-state index in [9.17, 15) is 0 Å². The van der Waals surface area contributed by atoms with Gasteiger partial charge in [-0.2, -0.15) is 0 Å². The lowest BCUT2D eigenvalue weighted by molar-refractivity contribution is 0.133. The Kier molecular flexibility index (Phi) is 4.48. The topological polar surface area (TPSA) is 28.4 Å². The molecule has 1 aromatic heterocycles. The van der Waals surface area contributed by atoms with Gasteiger partial charge in [-0.05, 0) is 45.7 Å². The molecule has 3 heteroatoms. The van der Waals surface area contributed by atoms with Crippen molar-refractivity contribution in [3.05, 3.63) is 36.3 Å². The Bertz CT molecular complexity index is 413. The predicted octanol–water partition coefficient (Wildman–Crippen LogP) is 3.32. The maximum absolute atomic E-state index is 5.90. The molecule has 2 rings (SSSR count). The first kappa shape index (κ1) is 14.4. The van der Waals surface area contributed by atoms with Gasteiger partial charge >= 0.3 is 0 Å². The third-order valence-electron chi connectivity index (χ3n) is 3.50. The Hall–Kier alpha value is -1.06. The van der Waals surface area contributed by atoms with Gasteiger partial charge in [0, 0.05) is 18.1 Å². The fraction of sp³-hybridized carbons (Fsp3) is 0.625. The van der Waals surface area contributed by atoms with E-state index in [1.54, 1.807) is 0 Å². The van der Waals surface area contributed by atoms with Gasteiger partial charge in [0.05, 0.1) is 13.1 Å². The van der Waals surface area contributed by atoms with Crippen molar-refractivity contribution in [1.29, 1.82) is 0 Å². The predicted molar refractivity (Wildman–Crippen MR) is 78.9 cm³/mol.